The van der Waals surface area contributed by atoms with Crippen molar-refractivity contribution < 1.29 is 78.5 Å². The molecule has 8 N–H and O–H groups in total. The summed E-state index contributed by atoms with van der Waals surface area (Å²) in [6.45, 7) is 5.19. The molecule has 388 valence electrons. The van der Waals surface area contributed by atoms with Gasteiger partial charge in [-0.1, -0.05) is 30.1 Å². The predicted molar refractivity (Wildman–Crippen MR) is 260 cm³/mol. The number of halogens is 3. The Bertz CT molecular complexity index is 3660. The Labute approximate surface area is 425 Å². The van der Waals surface area contributed by atoms with Gasteiger partial charge in [0, 0.05) is 25.8 Å². The van der Waals surface area contributed by atoms with Crippen molar-refractivity contribution in [1.82, 2.24) is 24.8 Å². The molecule has 7 rings (SSSR count). The SMILES string of the molecule is C=C(/N=c1/ccc2nc3c(Cl)c4c(c(Cl)c3oc-2c1S(=O)(=O)O)Nc1ccc(N(C)CCN(CC)Cc2nc(Cl)nc(Nc3ccc(S(=O)(=O)CCOS(=O)(=O)O)cc3)n2)c(S(=O)(=O)O)c1O4)OS(O)(O)O. The fraction of sp³-hybridized carbons (Fsp3) is 0.216. The molecule has 72 heavy (non-hydrogen) atoms. The molecule has 4 aromatic rings. The highest BCUT2D eigenvalue weighted by molar-refractivity contribution is 8.15. The molecule has 0 saturated heterocycles. The smallest absolute Gasteiger partial charge is 0.397 e. The van der Waals surface area contributed by atoms with E-state index in [-0.39, 0.29) is 91.2 Å². The Morgan fingerprint density at radius 2 is 1.51 bits per heavy atom. The van der Waals surface area contributed by atoms with Crippen molar-refractivity contribution in [1.29, 1.82) is 0 Å². The zero-order valence-corrected chi connectivity index (χ0v) is 42.8. The second-order valence-electron chi connectivity index (χ2n) is 14.9. The number of aromatic nitrogens is 4. The van der Waals surface area contributed by atoms with Crippen molar-refractivity contribution in [2.75, 3.05) is 54.6 Å². The van der Waals surface area contributed by atoms with Crippen LogP contribution in [0.4, 0.5) is 28.7 Å². The van der Waals surface area contributed by atoms with Crippen molar-refractivity contribution >= 4 is 126 Å². The van der Waals surface area contributed by atoms with Crippen LogP contribution in [-0.4, -0.2) is 125 Å². The first-order chi connectivity index (χ1) is 33.4. The van der Waals surface area contributed by atoms with Crippen LogP contribution in [0, 0.1) is 0 Å². The quantitative estimate of drug-likeness (QED) is 0.0252. The van der Waals surface area contributed by atoms with Crippen molar-refractivity contribution in [2.24, 2.45) is 4.99 Å². The number of benzene rings is 4. The zero-order valence-electron chi connectivity index (χ0n) is 36.5. The van der Waals surface area contributed by atoms with Crippen LogP contribution in [0.2, 0.25) is 15.3 Å². The lowest BCUT2D eigenvalue weighted by Crippen LogP contribution is -2.34. The highest BCUT2D eigenvalue weighted by Crippen LogP contribution is 2.55. The lowest BCUT2D eigenvalue weighted by Gasteiger charge is -2.30. The largest absolute Gasteiger partial charge is 0.450 e. The number of anilines is 5. The van der Waals surface area contributed by atoms with Gasteiger partial charge in [0.25, 0.3) is 21.3 Å². The molecular weight excluding hydrogens is 1130 g/mol. The summed E-state index contributed by atoms with van der Waals surface area (Å²) in [7, 11) is -17.6. The maximum Gasteiger partial charge on any atom is 0.397 e. The van der Waals surface area contributed by atoms with E-state index in [1.54, 1.807) is 7.05 Å². The number of sulfone groups is 1. The van der Waals surface area contributed by atoms with Crippen LogP contribution in [0.5, 0.6) is 11.5 Å². The summed E-state index contributed by atoms with van der Waals surface area (Å²) in [6.07, 6.45) is 0. The molecule has 0 unspecified atom stereocenters. The van der Waals surface area contributed by atoms with Crippen LogP contribution in [0.1, 0.15) is 12.7 Å². The first-order valence-electron chi connectivity index (χ1n) is 19.8. The number of nitrogens with one attached hydrogen (secondary N) is 2. The van der Waals surface area contributed by atoms with E-state index in [0.29, 0.717) is 12.2 Å². The van der Waals surface area contributed by atoms with Crippen molar-refractivity contribution in [3.8, 4) is 23.0 Å². The summed E-state index contributed by atoms with van der Waals surface area (Å²) in [5.74, 6) is -2.72. The first kappa shape index (κ1) is 54.5. The fourth-order valence-electron chi connectivity index (χ4n) is 6.86. The Hall–Kier alpha value is -5.27. The number of hydrogen-bond donors (Lipinski definition) is 8. The van der Waals surface area contributed by atoms with Crippen molar-refractivity contribution in [3.05, 3.63) is 87.5 Å². The fourth-order valence-corrected chi connectivity index (χ4v) is 11.0. The lowest BCUT2D eigenvalue weighted by molar-refractivity contribution is 0.246. The van der Waals surface area contributed by atoms with Crippen LogP contribution < -0.4 is 25.6 Å². The van der Waals surface area contributed by atoms with E-state index in [1.165, 1.54) is 41.3 Å². The van der Waals surface area contributed by atoms with E-state index in [4.69, 9.17) is 48.5 Å². The second-order valence-corrected chi connectivity index (χ2v) is 23.0. The standard InChI is InChI=1S/C37H36Cl3N9O18S5/c1-4-49(17-25-45-36(40)47-37(46-25)42-19-5-7-20(8-6-19)68(50,51)16-15-64-71(58,59)60)14-13-48(3)24-12-11-22-31(35(24)70(55,56)57)66-33-27(39)28-32(26(38)29(33)44-22)65-30-21(43-28)9-10-23(34(30)69(52,53)54)41-18(2)67-72(61,62)63/h5-12,44,61-63H,2,4,13-17H2,1,3H3,(H,52,53,54)(H,55,56,57)(H,58,59,60)(H,42,45,46,47)/b41-23-. The number of fused-ring (bicyclic) bond motifs is 4. The Morgan fingerprint density at radius 1 is 0.833 bits per heavy atom. The summed E-state index contributed by atoms with van der Waals surface area (Å²) in [5, 5.41) is 4.34. The van der Waals surface area contributed by atoms with Crippen LogP contribution >= 0.6 is 46.0 Å². The molecule has 2 aliphatic heterocycles. The van der Waals surface area contributed by atoms with Gasteiger partial charge in [-0.3, -0.25) is 32.2 Å². The molecule has 1 aromatic heterocycles. The minimum absolute atomic E-state index is 0.00156. The van der Waals surface area contributed by atoms with Gasteiger partial charge in [-0.2, -0.15) is 35.2 Å². The molecule has 3 aromatic carbocycles. The van der Waals surface area contributed by atoms with Crippen LogP contribution in [0.3, 0.4) is 0 Å². The maximum atomic E-state index is 13.2. The number of ether oxygens (including phenoxy) is 1. The van der Waals surface area contributed by atoms with Crippen LogP contribution in [0.25, 0.3) is 22.6 Å². The molecule has 3 aliphatic rings. The normalized spacial score (nSPS) is 13.6. The van der Waals surface area contributed by atoms with Gasteiger partial charge < -0.3 is 28.9 Å². The monoisotopic (exact) mass is 1160 g/mol. The first-order valence-corrected chi connectivity index (χ1v) is 28.2. The second kappa shape index (κ2) is 20.6. The van der Waals surface area contributed by atoms with Crippen molar-refractivity contribution in [3.63, 3.8) is 0 Å². The molecule has 0 amide bonds. The highest BCUT2D eigenvalue weighted by Gasteiger charge is 2.35. The third-order valence-electron chi connectivity index (χ3n) is 9.98. The van der Waals surface area contributed by atoms with E-state index < -0.39 is 96.5 Å². The molecular formula is C37H36Cl3N9O18S5. The average Bonchev–Trinajstić information content (AvgIpc) is 3.26. The zero-order chi connectivity index (χ0) is 52.9. The van der Waals surface area contributed by atoms with E-state index in [0.717, 1.165) is 12.1 Å². The third-order valence-corrected chi connectivity index (χ3v) is 15.3. The molecule has 0 radical (unpaired) electrons. The number of nitrogens with zero attached hydrogens (tertiary/aromatic N) is 7. The molecule has 0 bridgehead atoms. The molecule has 35 heteroatoms. The summed E-state index contributed by atoms with van der Waals surface area (Å²) in [4.78, 5) is 22.3. The molecule has 27 nitrogen and oxygen atoms in total. The molecule has 0 atom stereocenters. The van der Waals surface area contributed by atoms with E-state index >= 15 is 0 Å². The minimum Gasteiger partial charge on any atom is -0.450 e. The van der Waals surface area contributed by atoms with Gasteiger partial charge in [0.1, 0.15) is 32.8 Å². The minimum atomic E-state index is -5.23. The van der Waals surface area contributed by atoms with Gasteiger partial charge in [-0.15, -0.1) is 0 Å². The Balaban J connectivity index is 1.12. The van der Waals surface area contributed by atoms with Crippen molar-refractivity contribution in [2.45, 2.75) is 28.2 Å². The number of rotatable bonds is 19. The number of hydrogen-bond acceptors (Lipinski definition) is 24. The summed E-state index contributed by atoms with van der Waals surface area (Å²) < 4.78 is 176. The molecule has 0 saturated carbocycles. The van der Waals surface area contributed by atoms with Gasteiger partial charge in [-0.25, -0.2) is 27.6 Å². The van der Waals surface area contributed by atoms with Gasteiger partial charge in [0.15, 0.2) is 42.5 Å². The molecule has 0 fully saturated rings. The van der Waals surface area contributed by atoms with Crippen LogP contribution in [0.15, 0.2) is 85.1 Å². The summed E-state index contributed by atoms with van der Waals surface area (Å²) in [5.41, 5.74) is -0.718. The summed E-state index contributed by atoms with van der Waals surface area (Å²) >= 11 is 15.2. The van der Waals surface area contributed by atoms with Gasteiger partial charge in [-0.05, 0) is 73.3 Å². The highest BCUT2D eigenvalue weighted by atomic mass is 35.5. The predicted octanol–water partition coefficient (Wildman–Crippen LogP) is 6.24. The molecule has 3 heterocycles. The van der Waals surface area contributed by atoms with E-state index in [1.807, 2.05) is 11.8 Å². The van der Waals surface area contributed by atoms with Gasteiger partial charge in [0.2, 0.25) is 17.1 Å². The third kappa shape index (κ3) is 12.6. The Kier molecular flexibility index (Phi) is 15.6. The number of likely N-dealkylation sites (N-methyl/N-ethyl adjacent to an activating group) is 2. The average molecular weight is 1160 g/mol. The molecule has 0 spiro atoms. The van der Waals surface area contributed by atoms with E-state index in [9.17, 15) is 56.4 Å². The topological polar surface area (TPSA) is 393 Å². The van der Waals surface area contributed by atoms with E-state index in [2.05, 4.69) is 50.5 Å². The lowest BCUT2D eigenvalue weighted by atomic mass is 10.1. The van der Waals surface area contributed by atoms with Gasteiger partial charge in [0.05, 0.1) is 40.5 Å². The van der Waals surface area contributed by atoms with Gasteiger partial charge >= 0.3 is 20.5 Å². The maximum absolute atomic E-state index is 13.2. The molecule has 1 aliphatic carbocycles. The van der Waals surface area contributed by atoms with Crippen LogP contribution in [-0.2, 0) is 55.4 Å². The Morgan fingerprint density at radius 3 is 2.14 bits per heavy atom. The summed E-state index contributed by atoms with van der Waals surface area (Å²) in [6, 6.07) is 10.2.